The second-order valence-electron chi connectivity index (χ2n) is 7.41. The minimum atomic E-state index is -0.382. The molecule has 2 heterocycles. The van der Waals surface area contributed by atoms with Crippen LogP contribution in [0.1, 0.15) is 48.9 Å². The molecule has 0 atom stereocenters. The van der Waals surface area contributed by atoms with Crippen LogP contribution in [0.5, 0.6) is 10.9 Å². The molecule has 1 aromatic heterocycles. The van der Waals surface area contributed by atoms with Gasteiger partial charge < -0.3 is 9.64 Å². The van der Waals surface area contributed by atoms with Crippen molar-refractivity contribution in [2.45, 2.75) is 50.8 Å². The summed E-state index contributed by atoms with van der Waals surface area (Å²) in [5.41, 5.74) is 3.82. The average Bonchev–Trinajstić information content (AvgIpc) is 3.28. The summed E-state index contributed by atoms with van der Waals surface area (Å²) in [5, 5.41) is 0.536. The normalized spacial score (nSPS) is 18.9. The Labute approximate surface area is 174 Å². The van der Waals surface area contributed by atoms with Crippen LogP contribution in [0.3, 0.4) is 0 Å². The lowest BCUT2D eigenvalue weighted by molar-refractivity contribution is 0.351. The van der Waals surface area contributed by atoms with Gasteiger partial charge in [-0.05, 0) is 69.2 Å². The van der Waals surface area contributed by atoms with Crippen LogP contribution in [0.2, 0.25) is 4.34 Å². The van der Waals surface area contributed by atoms with Crippen LogP contribution >= 0.6 is 34.5 Å². The van der Waals surface area contributed by atoms with E-state index >= 15 is 0 Å². The quantitative estimate of drug-likeness (QED) is 0.309. The van der Waals surface area contributed by atoms with Crippen molar-refractivity contribution in [2.75, 3.05) is 13.1 Å². The van der Waals surface area contributed by atoms with Gasteiger partial charge in [-0.25, -0.2) is 9.98 Å². The van der Waals surface area contributed by atoms with Crippen LogP contribution in [0.25, 0.3) is 0 Å². The molecule has 2 fully saturated rings. The lowest BCUT2D eigenvalue weighted by Crippen LogP contribution is -2.28. The zero-order valence-electron chi connectivity index (χ0n) is 15.6. The fourth-order valence-electron chi connectivity index (χ4n) is 3.24. The molecule has 0 unspecified atom stereocenters. The van der Waals surface area contributed by atoms with Crippen molar-refractivity contribution in [3.63, 3.8) is 0 Å². The topological polar surface area (TPSA) is 37.7 Å². The molecule has 27 heavy (non-hydrogen) atoms. The van der Waals surface area contributed by atoms with Gasteiger partial charge in [-0.3, -0.25) is 0 Å². The molecule has 1 aliphatic carbocycles. The lowest BCUT2D eigenvalue weighted by atomic mass is 10.1. The molecular formula is C20H23Cl2N3OS. The Morgan fingerprint density at radius 3 is 2.63 bits per heavy atom. The molecule has 1 saturated carbocycles. The molecule has 0 radical (unpaired) electrons. The molecule has 4 nitrogen and oxygen atoms in total. The van der Waals surface area contributed by atoms with E-state index in [1.165, 1.54) is 30.6 Å². The van der Waals surface area contributed by atoms with Gasteiger partial charge in [0.1, 0.15) is 10.1 Å². The standard InChI is InChI=1S/C20H23Cl2N3OS/c1-13-11-16(26-19-24-17(18(21)27-19)20(22)6-7-20)14(2)10-15(13)23-12-25-8-4-3-5-9-25/h10-12H,3-9H2,1-2H3/b23-12+. The molecule has 2 aliphatic rings. The van der Waals surface area contributed by atoms with Gasteiger partial charge in [0, 0.05) is 13.1 Å². The van der Waals surface area contributed by atoms with Gasteiger partial charge in [0.05, 0.1) is 22.6 Å². The number of ether oxygens (including phenoxy) is 1. The monoisotopic (exact) mass is 423 g/mol. The molecular weight excluding hydrogens is 401 g/mol. The number of alkyl halides is 1. The number of aliphatic imine (C=N–C) groups is 1. The summed E-state index contributed by atoms with van der Waals surface area (Å²) in [6, 6.07) is 4.08. The fourth-order valence-corrected chi connectivity index (χ4v) is 4.76. The highest BCUT2D eigenvalue weighted by Crippen LogP contribution is 2.55. The summed E-state index contributed by atoms with van der Waals surface area (Å²) >= 11 is 14.1. The molecule has 1 saturated heterocycles. The smallest absolute Gasteiger partial charge is 0.280 e. The van der Waals surface area contributed by atoms with Gasteiger partial charge >= 0.3 is 0 Å². The van der Waals surface area contributed by atoms with E-state index in [2.05, 4.69) is 16.0 Å². The first kappa shape index (κ1) is 19.0. The maximum Gasteiger partial charge on any atom is 0.280 e. The van der Waals surface area contributed by atoms with Crippen LogP contribution in [0, 0.1) is 13.8 Å². The van der Waals surface area contributed by atoms with Crippen molar-refractivity contribution in [1.29, 1.82) is 0 Å². The van der Waals surface area contributed by atoms with Gasteiger partial charge in [0.2, 0.25) is 0 Å². The molecule has 144 valence electrons. The molecule has 2 aromatic rings. The number of nitrogens with zero attached hydrogens (tertiary/aromatic N) is 3. The summed E-state index contributed by atoms with van der Waals surface area (Å²) in [4.78, 5) is 11.1. The minimum absolute atomic E-state index is 0.382. The Balaban J connectivity index is 1.51. The Hall–Kier alpha value is -1.30. The van der Waals surface area contributed by atoms with Crippen LogP contribution < -0.4 is 4.74 Å². The van der Waals surface area contributed by atoms with Gasteiger partial charge in [-0.2, -0.15) is 0 Å². The molecule has 1 aliphatic heterocycles. The number of aryl methyl sites for hydroxylation is 2. The van der Waals surface area contributed by atoms with E-state index in [1.54, 1.807) is 0 Å². The number of thiazole rings is 1. The molecule has 0 amide bonds. The Kier molecular flexibility index (Phi) is 5.36. The van der Waals surface area contributed by atoms with E-state index in [0.29, 0.717) is 9.53 Å². The van der Waals surface area contributed by atoms with Crippen molar-refractivity contribution in [1.82, 2.24) is 9.88 Å². The van der Waals surface area contributed by atoms with E-state index in [4.69, 9.17) is 32.9 Å². The highest BCUT2D eigenvalue weighted by molar-refractivity contribution is 7.17. The minimum Gasteiger partial charge on any atom is -0.431 e. The molecule has 0 N–H and O–H groups in total. The van der Waals surface area contributed by atoms with Crippen LogP contribution in [0.15, 0.2) is 17.1 Å². The van der Waals surface area contributed by atoms with E-state index in [1.807, 2.05) is 26.3 Å². The number of hydrogen-bond acceptors (Lipinski definition) is 4. The first-order chi connectivity index (χ1) is 12.9. The fraction of sp³-hybridized carbons (Fsp3) is 0.500. The highest BCUT2D eigenvalue weighted by atomic mass is 35.5. The van der Waals surface area contributed by atoms with Gasteiger partial charge in [-0.1, -0.05) is 22.9 Å². The van der Waals surface area contributed by atoms with Gasteiger partial charge in [-0.15, -0.1) is 11.6 Å². The second kappa shape index (κ2) is 7.61. The summed E-state index contributed by atoms with van der Waals surface area (Å²) in [5.74, 6) is 0.779. The molecule has 4 rings (SSSR count). The first-order valence-corrected chi connectivity index (χ1v) is 10.9. The molecule has 1 aromatic carbocycles. The lowest BCUT2D eigenvalue weighted by Gasteiger charge is -2.23. The van der Waals surface area contributed by atoms with E-state index in [9.17, 15) is 0 Å². The Morgan fingerprint density at radius 2 is 1.93 bits per heavy atom. The number of hydrogen-bond donors (Lipinski definition) is 0. The molecule has 0 bridgehead atoms. The zero-order valence-corrected chi connectivity index (χ0v) is 17.9. The van der Waals surface area contributed by atoms with Crippen molar-refractivity contribution in [2.24, 2.45) is 4.99 Å². The van der Waals surface area contributed by atoms with Crippen molar-refractivity contribution in [3.8, 4) is 10.9 Å². The summed E-state index contributed by atoms with van der Waals surface area (Å²) in [6.45, 7) is 6.26. The molecule has 0 spiro atoms. The number of benzene rings is 1. The van der Waals surface area contributed by atoms with Crippen molar-refractivity contribution < 1.29 is 4.74 Å². The predicted molar refractivity (Wildman–Crippen MR) is 113 cm³/mol. The third-order valence-electron chi connectivity index (χ3n) is 5.12. The Morgan fingerprint density at radius 1 is 1.19 bits per heavy atom. The van der Waals surface area contributed by atoms with Gasteiger partial charge in [0.15, 0.2) is 0 Å². The van der Waals surface area contributed by atoms with E-state index in [0.717, 1.165) is 54.2 Å². The zero-order chi connectivity index (χ0) is 19.0. The third kappa shape index (κ3) is 4.25. The summed E-state index contributed by atoms with van der Waals surface area (Å²) in [7, 11) is 0. The summed E-state index contributed by atoms with van der Waals surface area (Å²) < 4.78 is 6.65. The predicted octanol–water partition coefficient (Wildman–Crippen LogP) is 6.58. The highest BCUT2D eigenvalue weighted by Gasteiger charge is 2.46. The van der Waals surface area contributed by atoms with Crippen molar-refractivity contribution >= 4 is 46.6 Å². The van der Waals surface area contributed by atoms with Crippen LogP contribution in [-0.4, -0.2) is 29.3 Å². The number of halogens is 2. The SMILES string of the molecule is Cc1cc(Oc2nc(C3(Cl)CC3)c(Cl)s2)c(C)cc1/N=C/N1CCCCC1. The number of piperidine rings is 1. The van der Waals surface area contributed by atoms with Crippen LogP contribution in [-0.2, 0) is 4.87 Å². The summed E-state index contributed by atoms with van der Waals surface area (Å²) in [6.07, 6.45) is 7.63. The third-order valence-corrected chi connectivity index (χ3v) is 6.81. The average molecular weight is 424 g/mol. The number of rotatable bonds is 5. The molecule has 7 heteroatoms. The number of aromatic nitrogens is 1. The van der Waals surface area contributed by atoms with Crippen LogP contribution in [0.4, 0.5) is 5.69 Å². The van der Waals surface area contributed by atoms with E-state index < -0.39 is 0 Å². The number of likely N-dealkylation sites (tertiary alicyclic amines) is 1. The first-order valence-electron chi connectivity index (χ1n) is 9.38. The maximum absolute atomic E-state index is 6.45. The van der Waals surface area contributed by atoms with E-state index in [-0.39, 0.29) is 4.87 Å². The van der Waals surface area contributed by atoms with Crippen molar-refractivity contribution in [3.05, 3.63) is 33.3 Å². The Bertz CT molecular complexity index is 870. The largest absolute Gasteiger partial charge is 0.431 e. The van der Waals surface area contributed by atoms with Gasteiger partial charge in [0.25, 0.3) is 5.19 Å². The second-order valence-corrected chi connectivity index (χ2v) is 9.70. The maximum atomic E-state index is 6.45.